The van der Waals surface area contributed by atoms with Gasteiger partial charge in [0.15, 0.2) is 0 Å². The Morgan fingerprint density at radius 3 is 2.88 bits per heavy atom. The van der Waals surface area contributed by atoms with E-state index in [2.05, 4.69) is 37.7 Å². The fraction of sp³-hybridized carbons (Fsp3) is 0.182. The second kappa shape index (κ2) is 5.77. The highest BCUT2D eigenvalue weighted by Gasteiger charge is 1.98. The van der Waals surface area contributed by atoms with Crippen LogP contribution in [-0.4, -0.2) is 4.98 Å². The highest BCUT2D eigenvalue weighted by molar-refractivity contribution is 9.11. The normalized spacial score (nSPS) is 10.6. The molecule has 2 heterocycles. The summed E-state index contributed by atoms with van der Waals surface area (Å²) in [7, 11) is 0. The highest BCUT2D eigenvalue weighted by atomic mass is 79.9. The smallest absolute Gasteiger partial charge is 0.0701 e. The van der Waals surface area contributed by atoms with E-state index in [9.17, 15) is 0 Å². The van der Waals surface area contributed by atoms with Crippen molar-refractivity contribution < 1.29 is 0 Å². The molecule has 5 heteroatoms. The Kier molecular flexibility index (Phi) is 4.35. The molecule has 0 aliphatic rings. The minimum Gasteiger partial charge on any atom is -0.307 e. The van der Waals surface area contributed by atoms with E-state index >= 15 is 0 Å². The molecule has 0 atom stereocenters. The Bertz CT molecular complexity index is 455. The van der Waals surface area contributed by atoms with Crippen molar-refractivity contribution in [2.75, 3.05) is 0 Å². The standard InChI is InChI=1S/C11H10BrClN2S/c12-11-3-8(7-16-11)4-14-6-10-2-1-9(13)5-15-10/h1-3,5,7,14H,4,6H2. The summed E-state index contributed by atoms with van der Waals surface area (Å²) in [6.07, 6.45) is 1.67. The molecular weight excluding hydrogens is 308 g/mol. The van der Waals surface area contributed by atoms with Gasteiger partial charge in [-0.1, -0.05) is 11.6 Å². The van der Waals surface area contributed by atoms with E-state index in [1.165, 1.54) is 5.56 Å². The molecule has 0 aromatic carbocycles. The Balaban J connectivity index is 1.82. The molecule has 0 fully saturated rings. The number of pyridine rings is 1. The number of halogens is 2. The van der Waals surface area contributed by atoms with Gasteiger partial charge < -0.3 is 5.32 Å². The van der Waals surface area contributed by atoms with Crippen LogP contribution in [-0.2, 0) is 13.1 Å². The van der Waals surface area contributed by atoms with Crippen molar-refractivity contribution in [2.24, 2.45) is 0 Å². The number of nitrogens with one attached hydrogen (secondary N) is 1. The maximum atomic E-state index is 5.76. The first-order valence-electron chi connectivity index (χ1n) is 4.78. The van der Waals surface area contributed by atoms with Crippen molar-refractivity contribution in [3.8, 4) is 0 Å². The number of nitrogens with zero attached hydrogens (tertiary/aromatic N) is 1. The van der Waals surface area contributed by atoms with E-state index in [0.717, 1.165) is 22.6 Å². The average Bonchev–Trinajstić information content (AvgIpc) is 2.67. The van der Waals surface area contributed by atoms with Crippen LogP contribution in [0, 0.1) is 0 Å². The van der Waals surface area contributed by atoms with Crippen molar-refractivity contribution in [2.45, 2.75) is 13.1 Å². The predicted molar refractivity (Wildman–Crippen MR) is 71.8 cm³/mol. The van der Waals surface area contributed by atoms with Crippen LogP contribution < -0.4 is 5.32 Å². The SMILES string of the molecule is Clc1ccc(CNCc2csc(Br)c2)nc1. The van der Waals surface area contributed by atoms with Gasteiger partial charge in [0.2, 0.25) is 0 Å². The molecule has 0 spiro atoms. The summed E-state index contributed by atoms with van der Waals surface area (Å²) < 4.78 is 1.16. The van der Waals surface area contributed by atoms with Crippen molar-refractivity contribution in [3.05, 3.63) is 49.8 Å². The third kappa shape index (κ3) is 3.56. The molecule has 0 bridgehead atoms. The van der Waals surface area contributed by atoms with Gasteiger partial charge in [-0.15, -0.1) is 11.3 Å². The molecular formula is C11H10BrClN2S. The van der Waals surface area contributed by atoms with Crippen molar-refractivity contribution in [1.29, 1.82) is 0 Å². The molecule has 0 aliphatic heterocycles. The molecule has 0 unspecified atom stereocenters. The lowest BCUT2D eigenvalue weighted by Crippen LogP contribution is -2.12. The van der Waals surface area contributed by atoms with Gasteiger partial charge in [-0.25, -0.2) is 0 Å². The van der Waals surface area contributed by atoms with Gasteiger partial charge >= 0.3 is 0 Å². The first-order valence-corrected chi connectivity index (χ1v) is 6.83. The number of hydrogen-bond donors (Lipinski definition) is 1. The van der Waals surface area contributed by atoms with Crippen LogP contribution in [0.2, 0.25) is 5.02 Å². The summed E-state index contributed by atoms with van der Waals surface area (Å²) in [5, 5.41) is 6.13. The van der Waals surface area contributed by atoms with Gasteiger partial charge in [-0.05, 0) is 45.1 Å². The fourth-order valence-electron chi connectivity index (χ4n) is 1.28. The van der Waals surface area contributed by atoms with E-state index < -0.39 is 0 Å². The largest absolute Gasteiger partial charge is 0.307 e. The first-order chi connectivity index (χ1) is 7.74. The van der Waals surface area contributed by atoms with Crippen LogP contribution in [0.4, 0.5) is 0 Å². The molecule has 2 nitrogen and oxygen atoms in total. The topological polar surface area (TPSA) is 24.9 Å². The second-order valence-corrected chi connectivity index (χ2v) is 6.06. The molecule has 0 aliphatic carbocycles. The Labute approximate surface area is 112 Å². The predicted octanol–water partition coefficient (Wildman–Crippen LogP) is 3.85. The number of thiophene rings is 1. The molecule has 0 saturated carbocycles. The van der Waals surface area contributed by atoms with E-state index in [1.807, 2.05) is 12.1 Å². The van der Waals surface area contributed by atoms with Gasteiger partial charge in [0.1, 0.15) is 0 Å². The van der Waals surface area contributed by atoms with Gasteiger partial charge in [-0.2, -0.15) is 0 Å². The zero-order valence-electron chi connectivity index (χ0n) is 8.41. The summed E-state index contributed by atoms with van der Waals surface area (Å²) in [5.74, 6) is 0. The van der Waals surface area contributed by atoms with Crippen molar-refractivity contribution >= 4 is 38.9 Å². The lowest BCUT2D eigenvalue weighted by molar-refractivity contribution is 0.681. The summed E-state index contributed by atoms with van der Waals surface area (Å²) in [4.78, 5) is 4.21. The lowest BCUT2D eigenvalue weighted by Gasteiger charge is -2.02. The van der Waals surface area contributed by atoms with Crippen LogP contribution in [0.15, 0.2) is 33.6 Å². The molecule has 2 rings (SSSR count). The highest BCUT2D eigenvalue weighted by Crippen LogP contribution is 2.20. The molecule has 16 heavy (non-hydrogen) atoms. The Hall–Kier alpha value is -0.420. The summed E-state index contributed by atoms with van der Waals surface area (Å²) in [6, 6.07) is 5.90. The van der Waals surface area contributed by atoms with Crippen LogP contribution in [0.3, 0.4) is 0 Å². The maximum absolute atomic E-state index is 5.76. The quantitative estimate of drug-likeness (QED) is 0.926. The Morgan fingerprint density at radius 2 is 2.25 bits per heavy atom. The number of rotatable bonds is 4. The monoisotopic (exact) mass is 316 g/mol. The summed E-state index contributed by atoms with van der Waals surface area (Å²) >= 11 is 10.9. The van der Waals surface area contributed by atoms with Crippen LogP contribution in [0.25, 0.3) is 0 Å². The summed E-state index contributed by atoms with van der Waals surface area (Å²) in [5.41, 5.74) is 2.28. The summed E-state index contributed by atoms with van der Waals surface area (Å²) in [6.45, 7) is 1.61. The minimum atomic E-state index is 0.672. The van der Waals surface area contributed by atoms with Crippen LogP contribution in [0.1, 0.15) is 11.3 Å². The molecule has 2 aromatic heterocycles. The second-order valence-electron chi connectivity index (χ2n) is 3.33. The zero-order chi connectivity index (χ0) is 11.4. The minimum absolute atomic E-state index is 0.672. The molecule has 0 radical (unpaired) electrons. The van der Waals surface area contributed by atoms with E-state index in [0.29, 0.717) is 5.02 Å². The average molecular weight is 318 g/mol. The molecule has 0 saturated heterocycles. The van der Waals surface area contributed by atoms with Crippen LogP contribution >= 0.6 is 38.9 Å². The third-order valence-electron chi connectivity index (χ3n) is 2.05. The molecule has 0 amide bonds. The number of aromatic nitrogens is 1. The van der Waals surface area contributed by atoms with E-state index in [-0.39, 0.29) is 0 Å². The molecule has 2 aromatic rings. The fourth-order valence-corrected chi connectivity index (χ4v) is 2.61. The van der Waals surface area contributed by atoms with Gasteiger partial charge in [0, 0.05) is 19.3 Å². The van der Waals surface area contributed by atoms with Gasteiger partial charge in [-0.3, -0.25) is 4.98 Å². The van der Waals surface area contributed by atoms with Crippen LogP contribution in [0.5, 0.6) is 0 Å². The van der Waals surface area contributed by atoms with Crippen molar-refractivity contribution in [3.63, 3.8) is 0 Å². The molecule has 1 N–H and O–H groups in total. The first kappa shape index (κ1) is 12.0. The van der Waals surface area contributed by atoms with Gasteiger partial charge in [0.25, 0.3) is 0 Å². The van der Waals surface area contributed by atoms with E-state index in [1.54, 1.807) is 17.5 Å². The Morgan fingerprint density at radius 1 is 1.38 bits per heavy atom. The van der Waals surface area contributed by atoms with Gasteiger partial charge in [0.05, 0.1) is 14.5 Å². The molecule has 84 valence electrons. The van der Waals surface area contributed by atoms with E-state index in [4.69, 9.17) is 11.6 Å². The van der Waals surface area contributed by atoms with Crippen molar-refractivity contribution in [1.82, 2.24) is 10.3 Å². The number of hydrogen-bond acceptors (Lipinski definition) is 3. The zero-order valence-corrected chi connectivity index (χ0v) is 11.6. The maximum Gasteiger partial charge on any atom is 0.0701 e. The third-order valence-corrected chi connectivity index (χ3v) is 3.82. The lowest BCUT2D eigenvalue weighted by atomic mass is 10.3.